The van der Waals surface area contributed by atoms with Gasteiger partial charge < -0.3 is 10.2 Å². The molecule has 4 heteroatoms. The summed E-state index contributed by atoms with van der Waals surface area (Å²) in [5, 5.41) is 18.8. The Morgan fingerprint density at radius 2 is 1.88 bits per heavy atom. The number of Topliss-reactive ketones (excluding diaryl/α,β-unsaturated/α-hetero) is 1. The van der Waals surface area contributed by atoms with Crippen molar-refractivity contribution in [3.8, 4) is 0 Å². The summed E-state index contributed by atoms with van der Waals surface area (Å²) in [6, 6.07) is 0. The van der Waals surface area contributed by atoms with Crippen LogP contribution in [0.15, 0.2) is 11.6 Å². The molecule has 0 bridgehead atoms. The fourth-order valence-corrected chi connectivity index (χ4v) is 7.08. The van der Waals surface area contributed by atoms with Crippen molar-refractivity contribution in [2.24, 2.45) is 34.5 Å². The molecule has 4 aliphatic rings. The van der Waals surface area contributed by atoms with Crippen molar-refractivity contribution in [2.45, 2.75) is 71.5 Å². The van der Waals surface area contributed by atoms with E-state index in [1.165, 1.54) is 24.8 Å². The molecule has 6 atom stereocenters. The smallest absolute Gasteiger partial charge is 0.213 e. The van der Waals surface area contributed by atoms with E-state index in [-0.39, 0.29) is 34.4 Å². The van der Waals surface area contributed by atoms with Crippen molar-refractivity contribution in [3.05, 3.63) is 11.6 Å². The molecule has 0 aromatic rings. The van der Waals surface area contributed by atoms with Gasteiger partial charge in [-0.25, -0.2) is 0 Å². The van der Waals surface area contributed by atoms with E-state index in [0.29, 0.717) is 12.3 Å². The van der Waals surface area contributed by atoms with Crippen LogP contribution in [0, 0.1) is 34.5 Å². The molecule has 3 fully saturated rings. The number of aliphatic hydroxyl groups excluding tert-OH is 1. The zero-order valence-electron chi connectivity index (χ0n) is 15.3. The Labute approximate surface area is 149 Å². The van der Waals surface area contributed by atoms with E-state index in [9.17, 15) is 19.8 Å². The van der Waals surface area contributed by atoms with Gasteiger partial charge in [0, 0.05) is 11.8 Å². The Morgan fingerprint density at radius 3 is 2.60 bits per heavy atom. The summed E-state index contributed by atoms with van der Waals surface area (Å²) in [4.78, 5) is 25.4. The van der Waals surface area contributed by atoms with E-state index in [4.69, 9.17) is 0 Å². The molecule has 4 rings (SSSR count). The number of carbonyl (C=O) groups excluding carboxylic acids is 2. The lowest BCUT2D eigenvalue weighted by atomic mass is 9.47. The van der Waals surface area contributed by atoms with Crippen molar-refractivity contribution < 1.29 is 19.8 Å². The van der Waals surface area contributed by atoms with Crippen LogP contribution in [0.2, 0.25) is 0 Å². The maximum absolute atomic E-state index is 13.1. The second-order valence-electron chi connectivity index (χ2n) is 9.39. The summed E-state index contributed by atoms with van der Waals surface area (Å²) >= 11 is 0. The number of fused-ring (bicyclic) bond motifs is 5. The van der Waals surface area contributed by atoms with Gasteiger partial charge >= 0.3 is 0 Å². The molecular formula is C21H30O4. The van der Waals surface area contributed by atoms with Crippen LogP contribution in [0.4, 0.5) is 0 Å². The summed E-state index contributed by atoms with van der Waals surface area (Å²) in [5.41, 5.74) is 1.25. The van der Waals surface area contributed by atoms with Crippen molar-refractivity contribution in [1.82, 2.24) is 0 Å². The first kappa shape index (κ1) is 17.4. The first-order chi connectivity index (χ1) is 11.8. The lowest BCUT2D eigenvalue weighted by molar-refractivity contribution is -0.157. The van der Waals surface area contributed by atoms with Crippen LogP contribution in [0.5, 0.6) is 0 Å². The standard InChI is InChI=1S/C21H30O4/c1-20-9-4-3-5-12(20)11-16(22)17-13-6-7-15(18(23)19(24)25)21(13,2)10-8-14(17)20/h11,13-15,17,19,24-25H,3-10H2,1-2H3/t13-,14-,15+,17-,20-,21-/m0/s1. The van der Waals surface area contributed by atoms with E-state index in [2.05, 4.69) is 13.8 Å². The summed E-state index contributed by atoms with van der Waals surface area (Å²) in [7, 11) is 0. The molecule has 0 spiro atoms. The first-order valence-electron chi connectivity index (χ1n) is 9.94. The van der Waals surface area contributed by atoms with Gasteiger partial charge in [0.15, 0.2) is 11.6 Å². The second kappa shape index (κ2) is 5.75. The fourth-order valence-electron chi connectivity index (χ4n) is 7.08. The summed E-state index contributed by atoms with van der Waals surface area (Å²) in [5.74, 6) is 0.101. The zero-order chi connectivity index (χ0) is 18.0. The predicted octanol–water partition coefficient (Wildman–Crippen LogP) is 3.01. The topological polar surface area (TPSA) is 74.6 Å². The number of ketones is 2. The molecular weight excluding hydrogens is 316 g/mol. The van der Waals surface area contributed by atoms with Crippen LogP contribution in [0.3, 0.4) is 0 Å². The Hall–Kier alpha value is -1.00. The summed E-state index contributed by atoms with van der Waals surface area (Å²) < 4.78 is 0. The van der Waals surface area contributed by atoms with Crippen molar-refractivity contribution >= 4 is 11.6 Å². The Morgan fingerprint density at radius 1 is 1.12 bits per heavy atom. The van der Waals surface area contributed by atoms with E-state index >= 15 is 0 Å². The quantitative estimate of drug-likeness (QED) is 0.754. The Balaban J connectivity index is 1.70. The molecule has 4 aliphatic carbocycles. The van der Waals surface area contributed by atoms with Gasteiger partial charge in [0.05, 0.1) is 0 Å². The molecule has 0 heterocycles. The summed E-state index contributed by atoms with van der Waals surface area (Å²) in [6.45, 7) is 4.47. The molecule has 0 aromatic heterocycles. The molecule has 138 valence electrons. The van der Waals surface area contributed by atoms with E-state index in [1.807, 2.05) is 6.08 Å². The third kappa shape index (κ3) is 2.33. The van der Waals surface area contributed by atoms with Gasteiger partial charge in [0.25, 0.3) is 0 Å². The molecule has 4 nitrogen and oxygen atoms in total. The lowest BCUT2D eigenvalue weighted by Gasteiger charge is -2.56. The highest BCUT2D eigenvalue weighted by Crippen LogP contribution is 2.65. The van der Waals surface area contributed by atoms with Crippen LogP contribution in [-0.4, -0.2) is 28.1 Å². The average molecular weight is 346 g/mol. The number of hydrogen-bond donors (Lipinski definition) is 2. The Bertz CT molecular complexity index is 636. The lowest BCUT2D eigenvalue weighted by Crippen LogP contribution is -2.53. The highest BCUT2D eigenvalue weighted by molar-refractivity contribution is 5.95. The third-order valence-electron chi connectivity index (χ3n) is 8.46. The molecule has 0 aromatic carbocycles. The number of hydrogen-bond acceptors (Lipinski definition) is 4. The molecule has 0 saturated heterocycles. The van der Waals surface area contributed by atoms with Crippen LogP contribution in [-0.2, 0) is 9.59 Å². The highest BCUT2D eigenvalue weighted by Gasteiger charge is 2.61. The number of allylic oxidation sites excluding steroid dienone is 2. The van der Waals surface area contributed by atoms with Crippen molar-refractivity contribution in [2.75, 3.05) is 0 Å². The van der Waals surface area contributed by atoms with Crippen molar-refractivity contribution in [1.29, 1.82) is 0 Å². The number of aliphatic hydroxyl groups is 2. The maximum Gasteiger partial charge on any atom is 0.213 e. The van der Waals surface area contributed by atoms with Gasteiger partial charge in [-0.15, -0.1) is 0 Å². The van der Waals surface area contributed by atoms with Gasteiger partial charge in [-0.3, -0.25) is 9.59 Å². The van der Waals surface area contributed by atoms with Crippen molar-refractivity contribution in [3.63, 3.8) is 0 Å². The van der Waals surface area contributed by atoms with Crippen LogP contribution < -0.4 is 0 Å². The minimum absolute atomic E-state index is 0.0132. The van der Waals surface area contributed by atoms with Gasteiger partial charge in [0.2, 0.25) is 6.29 Å². The molecule has 2 N–H and O–H groups in total. The number of rotatable bonds is 2. The van der Waals surface area contributed by atoms with Crippen LogP contribution in [0.25, 0.3) is 0 Å². The molecule has 0 radical (unpaired) electrons. The minimum atomic E-state index is -1.89. The fraction of sp³-hybridized carbons (Fsp3) is 0.810. The third-order valence-corrected chi connectivity index (χ3v) is 8.46. The molecule has 3 saturated carbocycles. The van der Waals surface area contributed by atoms with E-state index in [0.717, 1.165) is 25.7 Å². The molecule has 25 heavy (non-hydrogen) atoms. The Kier molecular flexibility index (Phi) is 4.01. The van der Waals surface area contributed by atoms with E-state index < -0.39 is 12.1 Å². The second-order valence-corrected chi connectivity index (χ2v) is 9.39. The van der Waals surface area contributed by atoms with E-state index in [1.54, 1.807) is 0 Å². The minimum Gasteiger partial charge on any atom is -0.362 e. The van der Waals surface area contributed by atoms with Gasteiger partial charge in [-0.2, -0.15) is 0 Å². The zero-order valence-corrected chi connectivity index (χ0v) is 15.3. The number of carbonyl (C=O) groups is 2. The van der Waals surface area contributed by atoms with Gasteiger partial charge in [-0.1, -0.05) is 25.8 Å². The maximum atomic E-state index is 13.1. The normalized spacial score (nSPS) is 46.3. The molecule has 0 amide bonds. The predicted molar refractivity (Wildman–Crippen MR) is 93.4 cm³/mol. The van der Waals surface area contributed by atoms with Crippen LogP contribution in [0.1, 0.15) is 65.2 Å². The summed E-state index contributed by atoms with van der Waals surface area (Å²) in [6.07, 6.45) is 8.15. The monoisotopic (exact) mass is 346 g/mol. The largest absolute Gasteiger partial charge is 0.362 e. The molecule has 0 unspecified atom stereocenters. The highest BCUT2D eigenvalue weighted by atomic mass is 16.5. The first-order valence-corrected chi connectivity index (χ1v) is 9.94. The van der Waals surface area contributed by atoms with Gasteiger partial charge in [-0.05, 0) is 73.7 Å². The average Bonchev–Trinajstić information content (AvgIpc) is 2.91. The van der Waals surface area contributed by atoms with Crippen LogP contribution >= 0.6 is 0 Å². The molecule has 0 aliphatic heterocycles. The SMILES string of the molecule is C[C@]12CC[C@H]3[C@@H](C(=O)C=C4CCCC[C@@]43C)[C@@H]1CC[C@@H]2C(=O)C(O)O. The van der Waals surface area contributed by atoms with Gasteiger partial charge in [0.1, 0.15) is 0 Å².